The highest BCUT2D eigenvalue weighted by Gasteiger charge is 2.25. The van der Waals surface area contributed by atoms with E-state index in [0.29, 0.717) is 5.41 Å². The van der Waals surface area contributed by atoms with Crippen molar-refractivity contribution in [3.63, 3.8) is 0 Å². The van der Waals surface area contributed by atoms with E-state index < -0.39 is 0 Å². The third kappa shape index (κ3) is 2.50. The van der Waals surface area contributed by atoms with Gasteiger partial charge in [0.2, 0.25) is 0 Å². The van der Waals surface area contributed by atoms with Gasteiger partial charge in [-0.05, 0) is 24.2 Å². The van der Waals surface area contributed by atoms with Crippen LogP contribution in [-0.2, 0) is 0 Å². The average Bonchev–Trinajstić information content (AvgIpc) is 1.93. The van der Waals surface area contributed by atoms with E-state index in [9.17, 15) is 0 Å². The highest BCUT2D eigenvalue weighted by molar-refractivity contribution is 4.84. The summed E-state index contributed by atoms with van der Waals surface area (Å²) < 4.78 is 0. The zero-order chi connectivity index (χ0) is 8.32. The zero-order valence-electron chi connectivity index (χ0n) is 8.19. The van der Waals surface area contributed by atoms with Crippen LogP contribution in [-0.4, -0.2) is 0 Å². The molecule has 1 radical (unpaired) electrons. The standard InChI is InChI=1S/C11H21/c1-10-8-6-4-5-7-9-11(10,2)3/h7,10H,4-6,8-9H2,1-3H3. The smallest absolute Gasteiger partial charge is 0.0326 e. The molecule has 0 spiro atoms. The van der Waals surface area contributed by atoms with Crippen LogP contribution in [0, 0.1) is 17.8 Å². The molecule has 0 aromatic carbocycles. The number of hydrogen-bond donors (Lipinski definition) is 0. The molecule has 0 heteroatoms. The van der Waals surface area contributed by atoms with Gasteiger partial charge < -0.3 is 0 Å². The number of rotatable bonds is 0. The Bertz CT molecular complexity index is 113. The Balaban J connectivity index is 2.47. The zero-order valence-corrected chi connectivity index (χ0v) is 8.19. The first-order valence-corrected chi connectivity index (χ1v) is 4.94. The summed E-state index contributed by atoms with van der Waals surface area (Å²) in [4.78, 5) is 0. The van der Waals surface area contributed by atoms with Gasteiger partial charge in [-0.2, -0.15) is 0 Å². The van der Waals surface area contributed by atoms with Crippen molar-refractivity contribution in [2.24, 2.45) is 11.3 Å². The minimum atomic E-state index is 0.556. The van der Waals surface area contributed by atoms with Gasteiger partial charge in [0.1, 0.15) is 0 Å². The largest absolute Gasteiger partial charge is 0.0620 e. The fraction of sp³-hybridized carbons (Fsp3) is 0.909. The summed E-state index contributed by atoms with van der Waals surface area (Å²) in [5.41, 5.74) is 0.556. The molecule has 1 atom stereocenters. The Labute approximate surface area is 71.4 Å². The lowest BCUT2D eigenvalue weighted by molar-refractivity contribution is 0.198. The fourth-order valence-electron chi connectivity index (χ4n) is 1.81. The van der Waals surface area contributed by atoms with Crippen molar-refractivity contribution >= 4 is 0 Å². The first-order chi connectivity index (χ1) is 5.13. The first kappa shape index (κ1) is 9.09. The van der Waals surface area contributed by atoms with Crippen molar-refractivity contribution in [1.29, 1.82) is 0 Å². The highest BCUT2D eigenvalue weighted by atomic mass is 14.3. The molecule has 1 saturated carbocycles. The van der Waals surface area contributed by atoms with Gasteiger partial charge >= 0.3 is 0 Å². The van der Waals surface area contributed by atoms with Crippen molar-refractivity contribution in [2.45, 2.75) is 52.9 Å². The van der Waals surface area contributed by atoms with Crippen LogP contribution in [0.15, 0.2) is 0 Å². The lowest BCUT2D eigenvalue weighted by Gasteiger charge is -2.33. The maximum absolute atomic E-state index is 2.48. The molecule has 0 aliphatic heterocycles. The van der Waals surface area contributed by atoms with Crippen molar-refractivity contribution in [1.82, 2.24) is 0 Å². The Morgan fingerprint density at radius 2 is 2.00 bits per heavy atom. The normalized spacial score (nSPS) is 32.5. The highest BCUT2D eigenvalue weighted by Crippen LogP contribution is 2.37. The van der Waals surface area contributed by atoms with E-state index in [2.05, 4.69) is 27.2 Å². The van der Waals surface area contributed by atoms with E-state index in [1.165, 1.54) is 32.1 Å². The molecule has 1 aliphatic rings. The summed E-state index contributed by atoms with van der Waals surface area (Å²) in [6.07, 6.45) is 9.42. The van der Waals surface area contributed by atoms with Crippen LogP contribution in [0.5, 0.6) is 0 Å². The maximum atomic E-state index is 2.48. The SMILES string of the molecule is CC1CCCC[CH]CC1(C)C. The molecule has 1 aliphatic carbocycles. The molecule has 1 unspecified atom stereocenters. The predicted octanol–water partition coefficient (Wildman–Crippen LogP) is 3.82. The van der Waals surface area contributed by atoms with Crippen molar-refractivity contribution in [3.05, 3.63) is 6.42 Å². The van der Waals surface area contributed by atoms with Gasteiger partial charge in [-0.3, -0.25) is 0 Å². The lowest BCUT2D eigenvalue weighted by Crippen LogP contribution is -2.23. The van der Waals surface area contributed by atoms with Gasteiger partial charge in [0.15, 0.2) is 0 Å². The van der Waals surface area contributed by atoms with Gasteiger partial charge in [0.25, 0.3) is 0 Å². The second-order valence-electron chi connectivity index (χ2n) is 4.67. The monoisotopic (exact) mass is 153 g/mol. The molecule has 0 aromatic heterocycles. The van der Waals surface area contributed by atoms with Crippen LogP contribution in [0.1, 0.15) is 52.9 Å². The molecule has 0 aromatic rings. The second kappa shape index (κ2) is 3.60. The summed E-state index contributed by atoms with van der Waals surface area (Å²) in [6.45, 7) is 7.21. The molecule has 0 saturated heterocycles. The summed E-state index contributed by atoms with van der Waals surface area (Å²) >= 11 is 0. The maximum Gasteiger partial charge on any atom is -0.0326 e. The molecule has 0 amide bonds. The second-order valence-corrected chi connectivity index (χ2v) is 4.67. The van der Waals surface area contributed by atoms with Gasteiger partial charge in [-0.1, -0.05) is 46.5 Å². The Morgan fingerprint density at radius 1 is 1.27 bits per heavy atom. The molecule has 0 heterocycles. The summed E-state index contributed by atoms with van der Waals surface area (Å²) in [5.74, 6) is 0.902. The molecule has 11 heavy (non-hydrogen) atoms. The third-order valence-corrected chi connectivity index (χ3v) is 3.30. The Hall–Kier alpha value is 0. The summed E-state index contributed by atoms with van der Waals surface area (Å²) in [5, 5.41) is 0. The third-order valence-electron chi connectivity index (χ3n) is 3.30. The van der Waals surface area contributed by atoms with Crippen LogP contribution in [0.4, 0.5) is 0 Å². The van der Waals surface area contributed by atoms with Gasteiger partial charge in [0.05, 0.1) is 0 Å². The fourth-order valence-corrected chi connectivity index (χ4v) is 1.81. The van der Waals surface area contributed by atoms with Crippen LogP contribution >= 0.6 is 0 Å². The molecule has 0 nitrogen and oxygen atoms in total. The van der Waals surface area contributed by atoms with Crippen LogP contribution in [0.3, 0.4) is 0 Å². The van der Waals surface area contributed by atoms with E-state index in [0.717, 1.165) is 5.92 Å². The molecule has 65 valence electrons. The first-order valence-electron chi connectivity index (χ1n) is 4.94. The van der Waals surface area contributed by atoms with Gasteiger partial charge in [-0.15, -0.1) is 0 Å². The van der Waals surface area contributed by atoms with Crippen LogP contribution < -0.4 is 0 Å². The minimum absolute atomic E-state index is 0.556. The average molecular weight is 153 g/mol. The topological polar surface area (TPSA) is 0 Å². The quantitative estimate of drug-likeness (QED) is 0.496. The van der Waals surface area contributed by atoms with E-state index in [-0.39, 0.29) is 0 Å². The van der Waals surface area contributed by atoms with E-state index >= 15 is 0 Å². The lowest BCUT2D eigenvalue weighted by atomic mass is 9.72. The molecule has 1 fully saturated rings. The van der Waals surface area contributed by atoms with Crippen molar-refractivity contribution < 1.29 is 0 Å². The van der Waals surface area contributed by atoms with Crippen LogP contribution in [0.2, 0.25) is 0 Å². The predicted molar refractivity (Wildman–Crippen MR) is 50.3 cm³/mol. The minimum Gasteiger partial charge on any atom is -0.0620 e. The van der Waals surface area contributed by atoms with Crippen molar-refractivity contribution in [3.8, 4) is 0 Å². The van der Waals surface area contributed by atoms with Crippen molar-refractivity contribution in [2.75, 3.05) is 0 Å². The molecule has 1 rings (SSSR count). The Kier molecular flexibility index (Phi) is 2.98. The molecule has 0 N–H and O–H groups in total. The summed E-state index contributed by atoms with van der Waals surface area (Å²) in [7, 11) is 0. The molecular formula is C11H21. The van der Waals surface area contributed by atoms with Crippen LogP contribution in [0.25, 0.3) is 0 Å². The Morgan fingerprint density at radius 3 is 2.73 bits per heavy atom. The molecule has 0 bridgehead atoms. The summed E-state index contributed by atoms with van der Waals surface area (Å²) in [6, 6.07) is 0. The van der Waals surface area contributed by atoms with Gasteiger partial charge in [0, 0.05) is 0 Å². The van der Waals surface area contributed by atoms with E-state index in [4.69, 9.17) is 0 Å². The van der Waals surface area contributed by atoms with E-state index in [1.807, 2.05) is 0 Å². The molecular weight excluding hydrogens is 132 g/mol. The van der Waals surface area contributed by atoms with Gasteiger partial charge in [-0.25, -0.2) is 0 Å². The van der Waals surface area contributed by atoms with E-state index in [1.54, 1.807) is 0 Å². The number of hydrogen-bond acceptors (Lipinski definition) is 0.